The van der Waals surface area contributed by atoms with Crippen LogP contribution >= 0.6 is 34.4 Å². The predicted molar refractivity (Wildman–Crippen MR) is 118 cm³/mol. The van der Waals surface area contributed by atoms with Gasteiger partial charge in [0.25, 0.3) is 5.56 Å². The zero-order valence-electron chi connectivity index (χ0n) is 16.3. The maximum Gasteiger partial charge on any atom is 0.263 e. The summed E-state index contributed by atoms with van der Waals surface area (Å²) >= 11 is 5.03. The van der Waals surface area contributed by atoms with Crippen molar-refractivity contribution in [2.24, 2.45) is 0 Å². The quantitative estimate of drug-likeness (QED) is 0.380. The summed E-state index contributed by atoms with van der Waals surface area (Å²) in [5, 5.41) is 4.93. The summed E-state index contributed by atoms with van der Waals surface area (Å²) in [7, 11) is 1.67. The molecule has 0 saturated heterocycles. The number of aromatic nitrogens is 3. The molecule has 28 heavy (non-hydrogen) atoms. The summed E-state index contributed by atoms with van der Waals surface area (Å²) in [5.74, 6) is 0.732. The Labute approximate surface area is 177 Å². The Balaban J connectivity index is 1.68. The maximum absolute atomic E-state index is 13.3. The number of methoxy groups -OCH3 is 1. The molecule has 0 saturated carbocycles. The number of fused-ring (bicyclic) bond motifs is 3. The Kier molecular flexibility index (Phi) is 6.50. The van der Waals surface area contributed by atoms with Crippen molar-refractivity contribution >= 4 is 44.7 Å². The fourth-order valence-corrected chi connectivity index (χ4v) is 6.82. The highest BCUT2D eigenvalue weighted by Gasteiger charge is 2.22. The average molecular weight is 436 g/mol. The van der Waals surface area contributed by atoms with Crippen LogP contribution in [0.5, 0.6) is 0 Å². The molecule has 0 unspecified atom stereocenters. The van der Waals surface area contributed by atoms with Gasteiger partial charge in [-0.2, -0.15) is 0 Å². The van der Waals surface area contributed by atoms with Crippen molar-refractivity contribution in [1.29, 1.82) is 0 Å². The standard InChI is InChI=1S/C20H25N3O2S3/c1-3-6-16-21-13(11-26-16)12-27-20-22-18-17(19(24)23(20)9-10-25-2)14-7-4-5-8-15(14)28-18/h11H,3-10,12H2,1-2H3. The van der Waals surface area contributed by atoms with Gasteiger partial charge in [-0.05, 0) is 44.1 Å². The molecule has 8 heteroatoms. The first-order valence-corrected chi connectivity index (χ1v) is 12.5. The van der Waals surface area contributed by atoms with Crippen LogP contribution in [0.15, 0.2) is 15.3 Å². The van der Waals surface area contributed by atoms with Crippen molar-refractivity contribution in [3.05, 3.63) is 36.9 Å². The molecule has 0 N–H and O–H groups in total. The molecular weight excluding hydrogens is 410 g/mol. The second-order valence-corrected chi connectivity index (χ2v) is 9.98. The third-order valence-electron chi connectivity index (χ3n) is 4.97. The first-order valence-electron chi connectivity index (χ1n) is 9.81. The van der Waals surface area contributed by atoms with Crippen LogP contribution in [0.1, 0.15) is 47.3 Å². The molecule has 3 aromatic heterocycles. The van der Waals surface area contributed by atoms with E-state index in [1.165, 1.54) is 21.9 Å². The Morgan fingerprint density at radius 3 is 2.96 bits per heavy atom. The summed E-state index contributed by atoms with van der Waals surface area (Å²) in [5.41, 5.74) is 2.40. The molecule has 5 nitrogen and oxygen atoms in total. The fourth-order valence-electron chi connectivity index (χ4n) is 3.59. The first-order chi connectivity index (χ1) is 13.7. The van der Waals surface area contributed by atoms with E-state index in [1.807, 2.05) is 0 Å². The van der Waals surface area contributed by atoms with Crippen molar-refractivity contribution in [2.75, 3.05) is 13.7 Å². The lowest BCUT2D eigenvalue weighted by Crippen LogP contribution is -2.25. The molecule has 0 radical (unpaired) electrons. The van der Waals surface area contributed by atoms with Crippen molar-refractivity contribution in [3.63, 3.8) is 0 Å². The van der Waals surface area contributed by atoms with Gasteiger partial charge < -0.3 is 4.74 Å². The van der Waals surface area contributed by atoms with E-state index in [0.717, 1.165) is 58.9 Å². The van der Waals surface area contributed by atoms with Crippen LogP contribution in [-0.2, 0) is 36.3 Å². The number of aryl methyl sites for hydroxylation is 3. The summed E-state index contributed by atoms with van der Waals surface area (Å²) in [6.45, 7) is 3.21. The number of thiazole rings is 1. The number of hydrogen-bond donors (Lipinski definition) is 0. The monoisotopic (exact) mass is 435 g/mol. The van der Waals surface area contributed by atoms with E-state index in [4.69, 9.17) is 14.7 Å². The average Bonchev–Trinajstić information content (AvgIpc) is 3.30. The van der Waals surface area contributed by atoms with E-state index in [-0.39, 0.29) is 5.56 Å². The number of nitrogens with zero attached hydrogens (tertiary/aromatic N) is 3. The first kappa shape index (κ1) is 20.1. The van der Waals surface area contributed by atoms with Crippen LogP contribution < -0.4 is 5.56 Å². The van der Waals surface area contributed by atoms with Crippen LogP contribution in [0, 0.1) is 0 Å². The minimum Gasteiger partial charge on any atom is -0.383 e. The SMILES string of the molecule is CCCc1nc(CSc2nc3sc4c(c3c(=O)n2CCOC)CCCC4)cs1. The molecule has 0 spiro atoms. The molecule has 0 amide bonds. The van der Waals surface area contributed by atoms with Crippen LogP contribution in [0.4, 0.5) is 0 Å². The zero-order chi connectivity index (χ0) is 19.5. The summed E-state index contributed by atoms with van der Waals surface area (Å²) in [6, 6.07) is 0. The highest BCUT2D eigenvalue weighted by molar-refractivity contribution is 7.98. The number of thiophene rings is 1. The van der Waals surface area contributed by atoms with Crippen LogP contribution in [0.25, 0.3) is 10.2 Å². The molecule has 0 fully saturated rings. The molecule has 0 aromatic carbocycles. The van der Waals surface area contributed by atoms with E-state index in [1.54, 1.807) is 46.1 Å². The van der Waals surface area contributed by atoms with Crippen LogP contribution in [-0.4, -0.2) is 28.3 Å². The minimum absolute atomic E-state index is 0.0916. The van der Waals surface area contributed by atoms with E-state index in [9.17, 15) is 4.79 Å². The lowest BCUT2D eigenvalue weighted by atomic mass is 9.97. The predicted octanol–water partition coefficient (Wildman–Crippen LogP) is 4.68. The van der Waals surface area contributed by atoms with Crippen molar-refractivity contribution in [3.8, 4) is 0 Å². The van der Waals surface area contributed by atoms with Gasteiger partial charge in [0, 0.05) is 23.1 Å². The molecule has 3 heterocycles. The number of ether oxygens (including phenoxy) is 1. The minimum atomic E-state index is 0.0916. The number of rotatable bonds is 8. The molecule has 3 aromatic rings. The number of hydrogen-bond acceptors (Lipinski definition) is 7. The fraction of sp³-hybridized carbons (Fsp3) is 0.550. The van der Waals surface area contributed by atoms with E-state index < -0.39 is 0 Å². The molecule has 0 bridgehead atoms. The second kappa shape index (κ2) is 9.07. The molecule has 4 rings (SSSR count). The third-order valence-corrected chi connectivity index (χ3v) is 8.12. The van der Waals surface area contributed by atoms with Crippen molar-refractivity contribution in [2.45, 2.75) is 62.9 Å². The lowest BCUT2D eigenvalue weighted by Gasteiger charge is -2.13. The van der Waals surface area contributed by atoms with Crippen molar-refractivity contribution < 1.29 is 4.74 Å². The van der Waals surface area contributed by atoms with Gasteiger partial charge in [0.1, 0.15) is 4.83 Å². The normalized spacial score (nSPS) is 13.9. The third kappa shape index (κ3) is 4.06. The zero-order valence-corrected chi connectivity index (χ0v) is 18.8. The van der Waals surface area contributed by atoms with Gasteiger partial charge >= 0.3 is 0 Å². The molecule has 150 valence electrons. The van der Waals surface area contributed by atoms with Gasteiger partial charge in [-0.15, -0.1) is 22.7 Å². The van der Waals surface area contributed by atoms with E-state index in [0.29, 0.717) is 13.2 Å². The van der Waals surface area contributed by atoms with Gasteiger partial charge in [-0.25, -0.2) is 9.97 Å². The second-order valence-electron chi connectivity index (χ2n) is 7.01. The van der Waals surface area contributed by atoms with E-state index >= 15 is 0 Å². The number of thioether (sulfide) groups is 1. The van der Waals surface area contributed by atoms with Crippen LogP contribution in [0.2, 0.25) is 0 Å². The highest BCUT2D eigenvalue weighted by atomic mass is 32.2. The summed E-state index contributed by atoms with van der Waals surface area (Å²) < 4.78 is 7.05. The van der Waals surface area contributed by atoms with Gasteiger partial charge in [0.2, 0.25) is 0 Å². The Morgan fingerprint density at radius 2 is 2.14 bits per heavy atom. The Morgan fingerprint density at radius 1 is 1.29 bits per heavy atom. The molecular formula is C20H25N3O2S3. The smallest absolute Gasteiger partial charge is 0.263 e. The Bertz CT molecular complexity index is 1020. The molecule has 0 aliphatic heterocycles. The Hall–Kier alpha value is -1.22. The summed E-state index contributed by atoms with van der Waals surface area (Å²) in [4.78, 5) is 25.2. The van der Waals surface area contributed by atoms with E-state index in [2.05, 4.69) is 12.3 Å². The van der Waals surface area contributed by atoms with Crippen molar-refractivity contribution in [1.82, 2.24) is 14.5 Å². The van der Waals surface area contributed by atoms with Gasteiger partial charge in [0.15, 0.2) is 5.16 Å². The topological polar surface area (TPSA) is 57.0 Å². The van der Waals surface area contributed by atoms with Crippen LogP contribution in [0.3, 0.4) is 0 Å². The van der Waals surface area contributed by atoms with Gasteiger partial charge in [-0.3, -0.25) is 9.36 Å². The van der Waals surface area contributed by atoms with Gasteiger partial charge in [-0.1, -0.05) is 18.7 Å². The molecule has 0 atom stereocenters. The molecule has 1 aliphatic carbocycles. The van der Waals surface area contributed by atoms with Gasteiger partial charge in [0.05, 0.1) is 29.2 Å². The maximum atomic E-state index is 13.3. The lowest BCUT2D eigenvalue weighted by molar-refractivity contribution is 0.183. The molecule has 1 aliphatic rings. The largest absolute Gasteiger partial charge is 0.383 e. The summed E-state index contributed by atoms with van der Waals surface area (Å²) in [6.07, 6.45) is 6.59. The highest BCUT2D eigenvalue weighted by Crippen LogP contribution is 2.35.